The molecule has 0 saturated carbocycles. The van der Waals surface area contributed by atoms with Crippen molar-refractivity contribution in [3.05, 3.63) is 0 Å². The molecule has 0 amide bonds. The van der Waals surface area contributed by atoms with Gasteiger partial charge in [-0.1, -0.05) is 34.6 Å². The highest BCUT2D eigenvalue weighted by Gasteiger charge is 2.30. The van der Waals surface area contributed by atoms with Crippen LogP contribution in [0.25, 0.3) is 0 Å². The Morgan fingerprint density at radius 3 is 1.93 bits per heavy atom. The first-order valence-electron chi connectivity index (χ1n) is 5.92. The Morgan fingerprint density at radius 2 is 1.67 bits per heavy atom. The van der Waals surface area contributed by atoms with Crippen molar-refractivity contribution >= 4 is 5.78 Å². The lowest BCUT2D eigenvalue weighted by molar-refractivity contribution is -0.150. The van der Waals surface area contributed by atoms with E-state index in [4.69, 9.17) is 4.74 Å². The Kier molecular flexibility index (Phi) is 5.50. The number of hydrogen-bond donors (Lipinski definition) is 0. The summed E-state index contributed by atoms with van der Waals surface area (Å²) in [5, 5.41) is 0. The van der Waals surface area contributed by atoms with Gasteiger partial charge in [-0.2, -0.15) is 0 Å². The van der Waals surface area contributed by atoms with E-state index in [0.717, 1.165) is 6.42 Å². The SMILES string of the molecule is CCC(C)(C)O[C@H](C(=O)C(C)C)C(C)C. The summed E-state index contributed by atoms with van der Waals surface area (Å²) in [6.07, 6.45) is 0.654. The van der Waals surface area contributed by atoms with Crippen molar-refractivity contribution in [1.29, 1.82) is 0 Å². The van der Waals surface area contributed by atoms with Crippen molar-refractivity contribution in [2.45, 2.75) is 66.6 Å². The van der Waals surface area contributed by atoms with Crippen LogP contribution in [0.5, 0.6) is 0 Å². The fourth-order valence-electron chi connectivity index (χ4n) is 1.28. The van der Waals surface area contributed by atoms with Gasteiger partial charge in [-0.15, -0.1) is 0 Å². The fourth-order valence-corrected chi connectivity index (χ4v) is 1.28. The van der Waals surface area contributed by atoms with Crippen LogP contribution in [0, 0.1) is 11.8 Å². The third-order valence-electron chi connectivity index (χ3n) is 2.75. The lowest BCUT2D eigenvalue weighted by Crippen LogP contribution is -2.40. The maximum absolute atomic E-state index is 12.0. The highest BCUT2D eigenvalue weighted by atomic mass is 16.5. The van der Waals surface area contributed by atoms with Gasteiger partial charge in [0.25, 0.3) is 0 Å². The normalized spacial score (nSPS) is 14.7. The van der Waals surface area contributed by atoms with E-state index in [1.807, 2.05) is 41.5 Å². The van der Waals surface area contributed by atoms with Crippen LogP contribution in [0.2, 0.25) is 0 Å². The maximum Gasteiger partial charge on any atom is 0.164 e. The van der Waals surface area contributed by atoms with E-state index in [2.05, 4.69) is 6.92 Å². The molecule has 0 aromatic carbocycles. The molecular weight excluding hydrogens is 188 g/mol. The summed E-state index contributed by atoms with van der Waals surface area (Å²) in [5.41, 5.74) is -0.209. The summed E-state index contributed by atoms with van der Waals surface area (Å²) in [5.74, 6) is 0.502. The van der Waals surface area contributed by atoms with E-state index in [1.165, 1.54) is 0 Å². The topological polar surface area (TPSA) is 26.3 Å². The molecule has 0 unspecified atom stereocenters. The minimum Gasteiger partial charge on any atom is -0.364 e. The van der Waals surface area contributed by atoms with Crippen LogP contribution in [-0.2, 0) is 9.53 Å². The quantitative estimate of drug-likeness (QED) is 0.677. The van der Waals surface area contributed by atoms with E-state index in [1.54, 1.807) is 0 Å². The van der Waals surface area contributed by atoms with Crippen LogP contribution in [0.15, 0.2) is 0 Å². The second kappa shape index (κ2) is 5.64. The van der Waals surface area contributed by atoms with Crippen molar-refractivity contribution in [3.63, 3.8) is 0 Å². The molecule has 0 N–H and O–H groups in total. The Balaban J connectivity index is 4.63. The number of carbonyl (C=O) groups excluding carboxylic acids is 1. The minimum absolute atomic E-state index is 0.0463. The van der Waals surface area contributed by atoms with Crippen LogP contribution in [-0.4, -0.2) is 17.5 Å². The maximum atomic E-state index is 12.0. The third kappa shape index (κ3) is 4.78. The van der Waals surface area contributed by atoms with Crippen LogP contribution in [0.1, 0.15) is 54.9 Å². The lowest BCUT2D eigenvalue weighted by atomic mass is 9.94. The van der Waals surface area contributed by atoms with Crippen molar-refractivity contribution in [2.24, 2.45) is 11.8 Å². The van der Waals surface area contributed by atoms with E-state index >= 15 is 0 Å². The monoisotopic (exact) mass is 214 g/mol. The van der Waals surface area contributed by atoms with E-state index in [0.29, 0.717) is 0 Å². The summed E-state index contributed by atoms with van der Waals surface area (Å²) >= 11 is 0. The average molecular weight is 214 g/mol. The van der Waals surface area contributed by atoms with Crippen LogP contribution >= 0.6 is 0 Å². The van der Waals surface area contributed by atoms with Crippen molar-refractivity contribution in [3.8, 4) is 0 Å². The van der Waals surface area contributed by atoms with Gasteiger partial charge in [0.2, 0.25) is 0 Å². The smallest absolute Gasteiger partial charge is 0.164 e. The molecule has 0 radical (unpaired) electrons. The Labute approximate surface area is 94.4 Å². The molecule has 1 atom stereocenters. The molecule has 2 heteroatoms. The molecule has 2 nitrogen and oxygen atoms in total. The Bertz CT molecular complexity index is 205. The van der Waals surface area contributed by atoms with Crippen LogP contribution in [0.4, 0.5) is 0 Å². The number of hydrogen-bond acceptors (Lipinski definition) is 2. The minimum atomic E-state index is -0.264. The molecule has 0 aromatic rings. The number of carbonyl (C=O) groups is 1. The molecule has 0 aliphatic rings. The zero-order valence-corrected chi connectivity index (χ0v) is 11.3. The lowest BCUT2D eigenvalue weighted by Gasteiger charge is -2.32. The molecule has 15 heavy (non-hydrogen) atoms. The predicted octanol–water partition coefficient (Wildman–Crippen LogP) is 3.44. The zero-order chi connectivity index (χ0) is 12.2. The fraction of sp³-hybridized carbons (Fsp3) is 0.923. The van der Waals surface area contributed by atoms with Gasteiger partial charge >= 0.3 is 0 Å². The van der Waals surface area contributed by atoms with Gasteiger partial charge in [0.15, 0.2) is 5.78 Å². The summed E-state index contributed by atoms with van der Waals surface area (Å²) < 4.78 is 5.92. The molecule has 0 rings (SSSR count). The molecule has 0 aliphatic heterocycles. The molecule has 0 aliphatic carbocycles. The molecular formula is C13H26O2. The van der Waals surface area contributed by atoms with Crippen LogP contribution < -0.4 is 0 Å². The summed E-state index contributed by atoms with van der Waals surface area (Å²) in [4.78, 5) is 12.0. The van der Waals surface area contributed by atoms with Gasteiger partial charge in [0.05, 0.1) is 5.60 Å². The standard InChI is InChI=1S/C13H26O2/c1-8-13(6,7)15-12(10(4)5)11(14)9(2)3/h9-10,12H,8H2,1-7H3/t12-/m0/s1. The van der Waals surface area contributed by atoms with Crippen molar-refractivity contribution in [1.82, 2.24) is 0 Å². The Morgan fingerprint density at radius 1 is 1.20 bits per heavy atom. The number of Topliss-reactive ketones (excluding diaryl/α,β-unsaturated/α-hetero) is 1. The average Bonchev–Trinajstić information content (AvgIpc) is 2.12. The Hall–Kier alpha value is -0.370. The van der Waals surface area contributed by atoms with Crippen LogP contribution in [0.3, 0.4) is 0 Å². The van der Waals surface area contributed by atoms with E-state index in [9.17, 15) is 4.79 Å². The van der Waals surface area contributed by atoms with E-state index < -0.39 is 0 Å². The highest BCUT2D eigenvalue weighted by molar-refractivity contribution is 5.85. The number of rotatable bonds is 6. The zero-order valence-electron chi connectivity index (χ0n) is 11.3. The summed E-state index contributed by atoms with van der Waals surface area (Å²) in [6, 6.07) is 0. The highest BCUT2D eigenvalue weighted by Crippen LogP contribution is 2.22. The molecule has 0 fully saturated rings. The van der Waals surface area contributed by atoms with Gasteiger partial charge in [-0.25, -0.2) is 0 Å². The molecule has 0 bridgehead atoms. The summed E-state index contributed by atoms with van der Waals surface area (Å²) in [7, 11) is 0. The van der Waals surface area contributed by atoms with Crippen molar-refractivity contribution < 1.29 is 9.53 Å². The van der Waals surface area contributed by atoms with Gasteiger partial charge in [0, 0.05) is 5.92 Å². The van der Waals surface area contributed by atoms with Gasteiger partial charge in [0.1, 0.15) is 6.10 Å². The summed E-state index contributed by atoms with van der Waals surface area (Å²) in [6.45, 7) is 14.1. The first-order valence-corrected chi connectivity index (χ1v) is 5.92. The predicted molar refractivity (Wildman–Crippen MR) is 63.9 cm³/mol. The molecule has 0 spiro atoms. The van der Waals surface area contributed by atoms with Gasteiger partial charge in [-0.05, 0) is 26.2 Å². The second-order valence-corrected chi connectivity index (χ2v) is 5.45. The van der Waals surface area contributed by atoms with Crippen molar-refractivity contribution in [2.75, 3.05) is 0 Å². The van der Waals surface area contributed by atoms with Gasteiger partial charge in [-0.3, -0.25) is 4.79 Å². The van der Waals surface area contributed by atoms with Gasteiger partial charge < -0.3 is 4.74 Å². The molecule has 0 heterocycles. The third-order valence-corrected chi connectivity index (χ3v) is 2.75. The largest absolute Gasteiger partial charge is 0.364 e. The van der Waals surface area contributed by atoms with E-state index in [-0.39, 0.29) is 29.3 Å². The molecule has 0 aromatic heterocycles. The first kappa shape index (κ1) is 14.6. The first-order chi connectivity index (χ1) is 6.71. The molecule has 0 saturated heterocycles. The number of ketones is 1. The molecule has 90 valence electrons. The second-order valence-electron chi connectivity index (χ2n) is 5.45. The number of ether oxygens (including phenoxy) is 1.